The highest BCUT2D eigenvalue weighted by Crippen LogP contribution is 2.31. The van der Waals surface area contributed by atoms with Crippen LogP contribution in [0.2, 0.25) is 0 Å². The van der Waals surface area contributed by atoms with Crippen LogP contribution in [-0.2, 0) is 0 Å². The minimum Gasteiger partial charge on any atom is -0.448 e. The molecule has 0 bridgehead atoms. The van der Waals surface area contributed by atoms with Gasteiger partial charge < -0.3 is 15.1 Å². The van der Waals surface area contributed by atoms with Crippen molar-refractivity contribution in [1.82, 2.24) is 15.6 Å². The topological polar surface area (TPSA) is 67.2 Å². The second kappa shape index (κ2) is 8.86. The molecule has 8 heteroatoms. The third kappa shape index (κ3) is 4.20. The van der Waals surface area contributed by atoms with Gasteiger partial charge in [-0.1, -0.05) is 19.1 Å². The molecule has 1 aromatic carbocycles. The van der Waals surface area contributed by atoms with Gasteiger partial charge in [0.25, 0.3) is 5.91 Å². The first kappa shape index (κ1) is 20.7. The molecule has 4 rings (SSSR count). The molecular formula is C18H21Cl2N3O2S. The third-order valence-corrected chi connectivity index (χ3v) is 5.49. The van der Waals surface area contributed by atoms with Crippen LogP contribution in [0.1, 0.15) is 23.9 Å². The van der Waals surface area contributed by atoms with Crippen molar-refractivity contribution in [3.8, 4) is 10.8 Å². The lowest BCUT2D eigenvalue weighted by molar-refractivity contribution is 0.0887. The molecule has 2 atom stereocenters. The van der Waals surface area contributed by atoms with E-state index >= 15 is 0 Å². The Hall–Kier alpha value is -1.60. The van der Waals surface area contributed by atoms with Crippen molar-refractivity contribution in [3.05, 3.63) is 42.2 Å². The number of piperidine rings is 1. The van der Waals surface area contributed by atoms with Crippen molar-refractivity contribution in [2.75, 3.05) is 13.1 Å². The lowest BCUT2D eigenvalue weighted by Crippen LogP contribution is -2.48. The number of amides is 1. The number of thiazole rings is 1. The zero-order chi connectivity index (χ0) is 16.5. The normalized spacial score (nSPS) is 19.4. The molecule has 2 aromatic heterocycles. The van der Waals surface area contributed by atoms with Gasteiger partial charge in [-0.25, -0.2) is 4.98 Å². The van der Waals surface area contributed by atoms with Crippen LogP contribution >= 0.6 is 36.2 Å². The Labute approximate surface area is 168 Å². The van der Waals surface area contributed by atoms with E-state index in [4.69, 9.17) is 4.42 Å². The van der Waals surface area contributed by atoms with E-state index in [0.717, 1.165) is 34.7 Å². The predicted octanol–water partition coefficient (Wildman–Crippen LogP) is 4.13. The molecule has 1 saturated heterocycles. The number of aromatic nitrogens is 1. The summed E-state index contributed by atoms with van der Waals surface area (Å²) in [4.78, 5) is 17.0. The van der Waals surface area contributed by atoms with Crippen LogP contribution < -0.4 is 10.6 Å². The average molecular weight is 414 g/mol. The maximum atomic E-state index is 12.4. The van der Waals surface area contributed by atoms with E-state index in [1.54, 1.807) is 17.4 Å². The van der Waals surface area contributed by atoms with E-state index in [1.807, 2.05) is 30.3 Å². The second-order valence-corrected chi connectivity index (χ2v) is 7.23. The molecule has 0 radical (unpaired) electrons. The Balaban J connectivity index is 0.00000121. The number of nitrogens with zero attached hydrogens (tertiary/aromatic N) is 1. The second-order valence-electron chi connectivity index (χ2n) is 6.20. The Morgan fingerprint density at radius 3 is 2.85 bits per heavy atom. The van der Waals surface area contributed by atoms with Gasteiger partial charge in [-0.15, -0.1) is 36.2 Å². The summed E-state index contributed by atoms with van der Waals surface area (Å²) < 4.78 is 6.87. The molecule has 1 amide bonds. The number of furan rings is 1. The van der Waals surface area contributed by atoms with Crippen LogP contribution in [0, 0.1) is 5.92 Å². The average Bonchev–Trinajstić information content (AvgIpc) is 3.23. The first-order valence-electron chi connectivity index (χ1n) is 8.18. The van der Waals surface area contributed by atoms with Gasteiger partial charge in [-0.2, -0.15) is 0 Å². The molecule has 0 saturated carbocycles. The molecule has 2 unspecified atom stereocenters. The van der Waals surface area contributed by atoms with Crippen LogP contribution in [0.5, 0.6) is 0 Å². The molecule has 1 fully saturated rings. The fourth-order valence-corrected chi connectivity index (χ4v) is 3.95. The molecular weight excluding hydrogens is 393 g/mol. The Morgan fingerprint density at radius 1 is 1.27 bits per heavy atom. The zero-order valence-corrected chi connectivity index (χ0v) is 16.7. The van der Waals surface area contributed by atoms with Gasteiger partial charge >= 0.3 is 0 Å². The molecule has 140 valence electrons. The van der Waals surface area contributed by atoms with Crippen molar-refractivity contribution in [3.63, 3.8) is 0 Å². The van der Waals surface area contributed by atoms with Crippen LogP contribution in [-0.4, -0.2) is 30.0 Å². The van der Waals surface area contributed by atoms with Crippen molar-refractivity contribution >= 4 is 52.3 Å². The van der Waals surface area contributed by atoms with Crippen LogP contribution in [0.15, 0.2) is 40.8 Å². The van der Waals surface area contributed by atoms with Gasteiger partial charge in [0.2, 0.25) is 0 Å². The van der Waals surface area contributed by atoms with E-state index in [9.17, 15) is 4.79 Å². The minimum absolute atomic E-state index is 0. The standard InChI is InChI=1S/C18H19N3O2S.2ClH/c1-11-10-19-9-8-12(11)20-17(22)14-6-7-15(23-14)18-21-13-4-2-3-5-16(13)24-18;;/h2-7,11-12,19H,8-10H2,1H3,(H,20,22);2*1H. The molecule has 2 N–H and O–H groups in total. The maximum absolute atomic E-state index is 12.4. The lowest BCUT2D eigenvalue weighted by Gasteiger charge is -2.29. The number of nitrogens with one attached hydrogen (secondary N) is 2. The minimum atomic E-state index is -0.152. The largest absolute Gasteiger partial charge is 0.448 e. The van der Waals surface area contributed by atoms with Gasteiger partial charge in [0.1, 0.15) is 0 Å². The summed E-state index contributed by atoms with van der Waals surface area (Å²) in [5, 5.41) is 7.22. The number of halogens is 2. The van der Waals surface area contributed by atoms with Crippen molar-refractivity contribution < 1.29 is 9.21 Å². The van der Waals surface area contributed by atoms with E-state index in [2.05, 4.69) is 22.5 Å². The molecule has 0 spiro atoms. The van der Waals surface area contributed by atoms with Crippen LogP contribution in [0.25, 0.3) is 21.0 Å². The molecule has 1 aliphatic heterocycles. The summed E-state index contributed by atoms with van der Waals surface area (Å²) in [6, 6.07) is 11.7. The summed E-state index contributed by atoms with van der Waals surface area (Å²) >= 11 is 1.57. The van der Waals surface area contributed by atoms with Gasteiger partial charge in [0.15, 0.2) is 16.5 Å². The number of para-hydroxylation sites is 1. The van der Waals surface area contributed by atoms with E-state index in [-0.39, 0.29) is 36.8 Å². The Bertz CT molecular complexity index is 847. The van der Waals surface area contributed by atoms with E-state index in [0.29, 0.717) is 17.4 Å². The quantitative estimate of drug-likeness (QED) is 0.677. The Morgan fingerprint density at radius 2 is 2.08 bits per heavy atom. The monoisotopic (exact) mass is 413 g/mol. The number of rotatable bonds is 3. The van der Waals surface area contributed by atoms with Crippen molar-refractivity contribution in [2.24, 2.45) is 5.92 Å². The molecule has 1 aliphatic rings. The summed E-state index contributed by atoms with van der Waals surface area (Å²) in [6.07, 6.45) is 0.943. The molecule has 26 heavy (non-hydrogen) atoms. The molecule has 5 nitrogen and oxygen atoms in total. The van der Waals surface area contributed by atoms with Crippen LogP contribution in [0.4, 0.5) is 0 Å². The van der Waals surface area contributed by atoms with Gasteiger partial charge in [-0.3, -0.25) is 4.79 Å². The number of benzene rings is 1. The highest BCUT2D eigenvalue weighted by Gasteiger charge is 2.24. The van der Waals surface area contributed by atoms with Crippen LogP contribution in [0.3, 0.4) is 0 Å². The summed E-state index contributed by atoms with van der Waals surface area (Å²) in [5.74, 6) is 1.25. The van der Waals surface area contributed by atoms with Gasteiger partial charge in [0, 0.05) is 6.04 Å². The van der Waals surface area contributed by atoms with Gasteiger partial charge in [-0.05, 0) is 49.7 Å². The SMILES string of the molecule is CC1CNCCC1NC(=O)c1ccc(-c2nc3ccccc3s2)o1.Cl.Cl. The number of carbonyl (C=O) groups is 1. The first-order chi connectivity index (χ1) is 11.7. The highest BCUT2D eigenvalue weighted by atomic mass is 35.5. The van der Waals surface area contributed by atoms with Gasteiger partial charge in [0.05, 0.1) is 10.2 Å². The zero-order valence-electron chi connectivity index (χ0n) is 14.2. The fraction of sp³-hybridized carbons (Fsp3) is 0.333. The number of fused-ring (bicyclic) bond motifs is 1. The van der Waals surface area contributed by atoms with E-state index in [1.165, 1.54) is 0 Å². The maximum Gasteiger partial charge on any atom is 0.287 e. The summed E-state index contributed by atoms with van der Waals surface area (Å²) in [7, 11) is 0. The number of hydrogen-bond acceptors (Lipinski definition) is 5. The molecule has 3 aromatic rings. The predicted molar refractivity (Wildman–Crippen MR) is 110 cm³/mol. The molecule has 0 aliphatic carbocycles. The smallest absolute Gasteiger partial charge is 0.287 e. The number of hydrogen-bond donors (Lipinski definition) is 2. The van der Waals surface area contributed by atoms with Crippen molar-refractivity contribution in [2.45, 2.75) is 19.4 Å². The van der Waals surface area contributed by atoms with Crippen molar-refractivity contribution in [1.29, 1.82) is 0 Å². The summed E-state index contributed by atoms with van der Waals surface area (Å²) in [6.45, 7) is 4.01. The van der Waals surface area contributed by atoms with E-state index < -0.39 is 0 Å². The fourth-order valence-electron chi connectivity index (χ4n) is 3.02. The third-order valence-electron chi connectivity index (χ3n) is 4.44. The highest BCUT2D eigenvalue weighted by molar-refractivity contribution is 7.21. The first-order valence-corrected chi connectivity index (χ1v) is 9.00. The lowest BCUT2D eigenvalue weighted by atomic mass is 9.95. The molecule has 3 heterocycles. The number of carbonyl (C=O) groups excluding carboxylic acids is 1. The summed E-state index contributed by atoms with van der Waals surface area (Å²) in [5.41, 5.74) is 0.948. The Kier molecular flexibility index (Phi) is 7.06.